The Morgan fingerprint density at radius 1 is 1.26 bits per heavy atom. The Morgan fingerprint density at radius 3 is 2.56 bits per heavy atom. The average molecular weight is 489 g/mol. The number of carbonyl (C=O) groups excluding carboxylic acids is 2. The van der Waals surface area contributed by atoms with E-state index in [0.29, 0.717) is 23.0 Å². The maximum Gasteiger partial charge on any atom is 0.412 e. The van der Waals surface area contributed by atoms with Crippen LogP contribution in [0.4, 0.5) is 10.6 Å². The van der Waals surface area contributed by atoms with Gasteiger partial charge >= 0.3 is 6.09 Å². The van der Waals surface area contributed by atoms with Crippen LogP contribution in [0.25, 0.3) is 0 Å². The number of fused-ring (bicyclic) bond motifs is 1. The van der Waals surface area contributed by atoms with Gasteiger partial charge in [0, 0.05) is 32.2 Å². The molecule has 2 aliphatic heterocycles. The van der Waals surface area contributed by atoms with Crippen molar-refractivity contribution in [2.24, 2.45) is 0 Å². The second-order valence-corrected chi connectivity index (χ2v) is 9.74. The normalized spacial score (nSPS) is 26.7. The number of hydrogen-bond donors (Lipinski definition) is 0. The monoisotopic (exact) mass is 488 g/mol. The van der Waals surface area contributed by atoms with Gasteiger partial charge in [0.15, 0.2) is 5.69 Å². The Bertz CT molecular complexity index is 1230. The summed E-state index contributed by atoms with van der Waals surface area (Å²) >= 11 is 6.01. The molecule has 0 aromatic carbocycles. The van der Waals surface area contributed by atoms with Gasteiger partial charge in [0.2, 0.25) is 5.72 Å². The van der Waals surface area contributed by atoms with Gasteiger partial charge in [0.05, 0.1) is 24.7 Å². The van der Waals surface area contributed by atoms with Crippen LogP contribution in [0.2, 0.25) is 5.02 Å². The number of anilines is 1. The quantitative estimate of drug-likeness (QED) is 0.646. The van der Waals surface area contributed by atoms with E-state index in [9.17, 15) is 9.59 Å². The number of aryl methyl sites for hydroxylation is 2. The molecule has 2 aromatic heterocycles. The topological polar surface area (TPSA) is 91.8 Å². The number of halogens is 1. The number of rotatable bonds is 3. The molecule has 4 rings (SSSR count). The van der Waals surface area contributed by atoms with Crippen molar-refractivity contribution in [2.45, 2.75) is 65.8 Å². The lowest BCUT2D eigenvalue weighted by molar-refractivity contribution is -0.0540. The molecule has 0 aliphatic carbocycles. The summed E-state index contributed by atoms with van der Waals surface area (Å²) in [5.41, 5.74) is -1.28. The van der Waals surface area contributed by atoms with Gasteiger partial charge in [0.25, 0.3) is 5.91 Å². The highest BCUT2D eigenvalue weighted by molar-refractivity contribution is 6.30. The molecule has 4 heterocycles. The molecule has 2 aliphatic rings. The summed E-state index contributed by atoms with van der Waals surface area (Å²) < 4.78 is 23.5. The van der Waals surface area contributed by atoms with Crippen molar-refractivity contribution in [3.63, 3.8) is 0 Å². The predicted molar refractivity (Wildman–Crippen MR) is 129 cm³/mol. The molecule has 1 unspecified atom stereocenters. The van der Waals surface area contributed by atoms with Crippen molar-refractivity contribution in [3.8, 4) is 0 Å². The molecule has 182 valence electrons. The second-order valence-electron chi connectivity index (χ2n) is 9.30. The molecule has 9 nitrogen and oxygen atoms in total. The fourth-order valence-electron chi connectivity index (χ4n) is 4.44. The third-order valence-corrected chi connectivity index (χ3v) is 7.20. The first-order chi connectivity index (χ1) is 16.6. The first-order valence-electron chi connectivity index (χ1n) is 12.2. The molecule has 10 heteroatoms. The Balaban J connectivity index is 1.82. The van der Waals surface area contributed by atoms with Crippen molar-refractivity contribution < 1.29 is 17.1 Å². The third-order valence-electron chi connectivity index (χ3n) is 6.97. The summed E-state index contributed by atoms with van der Waals surface area (Å²) in [7, 11) is 0. The Kier molecular flexibility index (Phi) is 5.41. The zero-order valence-electron chi connectivity index (χ0n) is 22.5. The molecule has 0 saturated carbocycles. The fourth-order valence-corrected chi connectivity index (χ4v) is 4.55. The summed E-state index contributed by atoms with van der Waals surface area (Å²) in [5, 5.41) is 0.377. The molecule has 1 fully saturated rings. The van der Waals surface area contributed by atoms with Crippen LogP contribution in [0.1, 0.15) is 64.9 Å². The number of carbonyl (C=O) groups is 2. The van der Waals surface area contributed by atoms with Gasteiger partial charge in [-0.2, -0.15) is 0 Å². The number of aromatic nitrogens is 3. The van der Waals surface area contributed by atoms with E-state index in [-0.39, 0.29) is 29.8 Å². The summed E-state index contributed by atoms with van der Waals surface area (Å²) in [6.07, 6.45) is 0.481. The van der Waals surface area contributed by atoms with Crippen LogP contribution < -0.4 is 4.90 Å². The van der Waals surface area contributed by atoms with Crippen LogP contribution in [-0.2, 0) is 10.5 Å². The highest BCUT2D eigenvalue weighted by Gasteiger charge is 2.55. The molecule has 1 saturated heterocycles. The van der Waals surface area contributed by atoms with E-state index in [1.165, 1.54) is 11.1 Å². The van der Waals surface area contributed by atoms with E-state index < -0.39 is 29.8 Å². The van der Waals surface area contributed by atoms with E-state index in [2.05, 4.69) is 15.0 Å². The van der Waals surface area contributed by atoms with Gasteiger partial charge in [0.1, 0.15) is 11.5 Å². The van der Waals surface area contributed by atoms with Crippen molar-refractivity contribution in [1.82, 2.24) is 24.8 Å². The fraction of sp³-hybridized carbons (Fsp3) is 0.542. The van der Waals surface area contributed by atoms with Gasteiger partial charge in [-0.1, -0.05) is 18.5 Å². The minimum Gasteiger partial charge on any atom is -0.416 e. The van der Waals surface area contributed by atoms with Crippen molar-refractivity contribution in [2.75, 3.05) is 24.5 Å². The highest BCUT2D eigenvalue weighted by atomic mass is 35.5. The van der Waals surface area contributed by atoms with Crippen LogP contribution >= 0.6 is 11.6 Å². The zero-order chi connectivity index (χ0) is 26.8. The Hall–Kier alpha value is -2.78. The van der Waals surface area contributed by atoms with E-state index in [4.69, 9.17) is 19.1 Å². The van der Waals surface area contributed by atoms with Crippen LogP contribution in [0.15, 0.2) is 18.3 Å². The molecule has 2 atom stereocenters. The molecule has 2 amide bonds. The van der Waals surface area contributed by atoms with Gasteiger partial charge < -0.3 is 9.64 Å². The summed E-state index contributed by atoms with van der Waals surface area (Å²) in [6, 6.07) is 2.97. The molecule has 0 bridgehead atoms. The van der Waals surface area contributed by atoms with Gasteiger partial charge in [-0.05, 0) is 53.3 Å². The van der Waals surface area contributed by atoms with Gasteiger partial charge in [-0.25, -0.2) is 24.6 Å². The predicted octanol–water partition coefficient (Wildman–Crippen LogP) is 3.92. The van der Waals surface area contributed by atoms with E-state index in [0.717, 1.165) is 4.90 Å². The number of amides is 2. The lowest BCUT2D eigenvalue weighted by Gasteiger charge is -2.51. The maximum absolute atomic E-state index is 13.8. The van der Waals surface area contributed by atoms with E-state index >= 15 is 0 Å². The largest absolute Gasteiger partial charge is 0.416 e. The molecule has 2 aromatic rings. The zero-order valence-corrected chi connectivity index (χ0v) is 21.3. The smallest absolute Gasteiger partial charge is 0.412 e. The lowest BCUT2D eigenvalue weighted by atomic mass is 9.90. The Labute approximate surface area is 207 Å². The molecular formula is C24H31ClN6O3. The second kappa shape index (κ2) is 8.46. The van der Waals surface area contributed by atoms with Crippen LogP contribution in [0, 0.1) is 13.8 Å². The van der Waals surface area contributed by atoms with Crippen molar-refractivity contribution in [3.05, 3.63) is 46.1 Å². The number of piperazine rings is 1. The highest BCUT2D eigenvalue weighted by Crippen LogP contribution is 2.42. The minimum absolute atomic E-state index is 0.0238. The van der Waals surface area contributed by atoms with Gasteiger partial charge in [-0.15, -0.1) is 0 Å². The van der Waals surface area contributed by atoms with Crippen LogP contribution in [0.5, 0.6) is 0 Å². The first-order valence-corrected chi connectivity index (χ1v) is 11.6. The SMILES string of the molecule is [2H]C1([2H])CN(CC)C(C)C(C)(C)N1C(=O)O[C@@]1(C)c2nc(C)c(C)nc2C(=O)N1c1ccc(Cl)cn1. The summed E-state index contributed by atoms with van der Waals surface area (Å²) in [6.45, 7) is 11.2. The number of hydrogen-bond acceptors (Lipinski definition) is 7. The first kappa shape index (κ1) is 21.7. The van der Waals surface area contributed by atoms with Crippen molar-refractivity contribution >= 4 is 29.4 Å². The van der Waals surface area contributed by atoms with Gasteiger partial charge in [-0.3, -0.25) is 9.69 Å². The number of ether oxygens (including phenoxy) is 1. The molecule has 0 radical (unpaired) electrons. The number of pyridine rings is 1. The van der Waals surface area contributed by atoms with E-state index in [1.807, 2.05) is 18.7 Å². The maximum atomic E-state index is 13.8. The number of nitrogens with zero attached hydrogens (tertiary/aromatic N) is 6. The summed E-state index contributed by atoms with van der Waals surface area (Å²) in [4.78, 5) is 45.1. The Morgan fingerprint density at radius 2 is 1.94 bits per heavy atom. The molecular weight excluding hydrogens is 456 g/mol. The van der Waals surface area contributed by atoms with E-state index in [1.54, 1.807) is 46.8 Å². The molecule has 34 heavy (non-hydrogen) atoms. The van der Waals surface area contributed by atoms with Crippen LogP contribution in [0.3, 0.4) is 0 Å². The van der Waals surface area contributed by atoms with Crippen molar-refractivity contribution in [1.29, 1.82) is 0 Å². The third kappa shape index (κ3) is 3.71. The lowest BCUT2D eigenvalue weighted by Crippen LogP contribution is -2.66. The van der Waals surface area contributed by atoms with Crippen LogP contribution in [-0.4, -0.2) is 67.9 Å². The molecule has 0 spiro atoms. The summed E-state index contributed by atoms with van der Waals surface area (Å²) in [5.74, 6) is -0.335. The standard InChI is InChI=1S/C24H31ClN6O3/c1-8-29-11-12-30(23(5,6)16(29)4)22(33)34-24(7)20-19(27-14(2)15(3)28-20)21(32)31(24)18-10-9-17(25)13-26-18/h9-10,13,16H,8,11-12H2,1-7H3/t16?,24-/m0/s1/i12D2. The molecule has 0 N–H and O–H groups in total. The number of likely N-dealkylation sites (N-methyl/N-ethyl adjacent to an activating group) is 1. The average Bonchev–Trinajstić information content (AvgIpc) is 2.97. The minimum atomic E-state index is -2.02.